The first-order valence-corrected chi connectivity index (χ1v) is 12.7. The van der Waals surface area contributed by atoms with Gasteiger partial charge in [0.15, 0.2) is 0 Å². The molecule has 182 valence electrons. The van der Waals surface area contributed by atoms with Gasteiger partial charge < -0.3 is 10.1 Å². The summed E-state index contributed by atoms with van der Waals surface area (Å²) in [6, 6.07) is 3.79. The number of methoxy groups -OCH3 is 1. The second kappa shape index (κ2) is 7.24. The number of rotatable bonds is 2. The van der Waals surface area contributed by atoms with Gasteiger partial charge in [0, 0.05) is 22.2 Å². The van der Waals surface area contributed by atoms with Gasteiger partial charge in [0.2, 0.25) is 17.7 Å². The highest BCUT2D eigenvalue weighted by molar-refractivity contribution is 7.17. The number of anilines is 2. The van der Waals surface area contributed by atoms with Gasteiger partial charge in [-0.1, -0.05) is 17.7 Å². The number of amides is 3. The molecule has 1 aromatic heterocycles. The first kappa shape index (κ1) is 22.4. The van der Waals surface area contributed by atoms with Crippen LogP contribution in [0.2, 0.25) is 0 Å². The van der Waals surface area contributed by atoms with E-state index in [4.69, 9.17) is 4.74 Å². The highest BCUT2D eigenvalue weighted by Gasteiger charge is 2.75. The second-order valence-electron chi connectivity index (χ2n) is 10.1. The Labute approximate surface area is 207 Å². The van der Waals surface area contributed by atoms with E-state index in [1.165, 1.54) is 23.3 Å². The normalized spacial score (nSPS) is 29.1. The van der Waals surface area contributed by atoms with Crippen molar-refractivity contribution < 1.29 is 23.9 Å². The van der Waals surface area contributed by atoms with Gasteiger partial charge in [-0.15, -0.1) is 11.3 Å². The summed E-state index contributed by atoms with van der Waals surface area (Å²) in [6.45, 7) is 8.23. The van der Waals surface area contributed by atoms with E-state index in [9.17, 15) is 19.2 Å². The predicted molar refractivity (Wildman–Crippen MR) is 131 cm³/mol. The molecular formula is C26H27N3O5S. The minimum absolute atomic E-state index is 0.206. The lowest BCUT2D eigenvalue weighted by Crippen LogP contribution is -2.54. The average molecular weight is 494 g/mol. The van der Waals surface area contributed by atoms with Gasteiger partial charge in [-0.2, -0.15) is 0 Å². The molecule has 1 aromatic carbocycles. The van der Waals surface area contributed by atoms with Crippen molar-refractivity contribution >= 4 is 45.7 Å². The van der Waals surface area contributed by atoms with Crippen molar-refractivity contribution in [1.29, 1.82) is 0 Å². The zero-order valence-corrected chi connectivity index (χ0v) is 21.2. The van der Waals surface area contributed by atoms with E-state index in [2.05, 4.69) is 10.2 Å². The van der Waals surface area contributed by atoms with Crippen molar-refractivity contribution in [2.75, 3.05) is 23.9 Å². The summed E-state index contributed by atoms with van der Waals surface area (Å²) < 4.78 is 4.99. The van der Waals surface area contributed by atoms with Gasteiger partial charge in [-0.05, 0) is 58.2 Å². The van der Waals surface area contributed by atoms with Crippen LogP contribution >= 0.6 is 11.3 Å². The third-order valence-corrected chi connectivity index (χ3v) is 9.59. The van der Waals surface area contributed by atoms with Crippen molar-refractivity contribution in [1.82, 2.24) is 4.90 Å². The minimum Gasteiger partial charge on any atom is -0.465 e. The van der Waals surface area contributed by atoms with Crippen LogP contribution in [0.25, 0.3) is 0 Å². The quantitative estimate of drug-likeness (QED) is 0.510. The molecule has 0 bridgehead atoms. The number of fused-ring (bicyclic) bond motifs is 7. The van der Waals surface area contributed by atoms with Gasteiger partial charge in [-0.25, -0.2) is 9.69 Å². The molecule has 4 aliphatic rings. The molecule has 2 aromatic rings. The van der Waals surface area contributed by atoms with Crippen molar-refractivity contribution in [3.05, 3.63) is 44.8 Å². The second-order valence-corrected chi connectivity index (χ2v) is 11.3. The molecule has 35 heavy (non-hydrogen) atoms. The number of ether oxygens (including phenoxy) is 1. The van der Waals surface area contributed by atoms with Gasteiger partial charge in [0.25, 0.3) is 0 Å². The monoisotopic (exact) mass is 493 g/mol. The van der Waals surface area contributed by atoms with Crippen molar-refractivity contribution in [3.8, 4) is 0 Å². The molecular weight excluding hydrogens is 466 g/mol. The molecule has 5 heterocycles. The number of hydrogen-bond acceptors (Lipinski definition) is 7. The number of carbonyl (C=O) groups excluding carboxylic acids is 4. The van der Waals surface area contributed by atoms with Crippen LogP contribution in [0, 0.1) is 39.5 Å². The lowest BCUT2D eigenvalue weighted by Gasteiger charge is -2.36. The Kier molecular flexibility index (Phi) is 4.64. The topological polar surface area (TPSA) is 96.0 Å². The Morgan fingerprint density at radius 3 is 2.60 bits per heavy atom. The molecule has 4 aliphatic heterocycles. The smallest absolute Gasteiger partial charge is 0.341 e. The van der Waals surface area contributed by atoms with Gasteiger partial charge in [0.05, 0.1) is 24.5 Å². The van der Waals surface area contributed by atoms with E-state index in [1.54, 1.807) is 6.92 Å². The number of aryl methyl sites for hydroxylation is 3. The maximum Gasteiger partial charge on any atom is 0.341 e. The Morgan fingerprint density at radius 1 is 1.14 bits per heavy atom. The fourth-order valence-corrected chi connectivity index (χ4v) is 8.12. The Bertz CT molecular complexity index is 1360. The number of benzene rings is 1. The summed E-state index contributed by atoms with van der Waals surface area (Å²) in [5, 5.41) is 3.36. The molecule has 8 nitrogen and oxygen atoms in total. The zero-order valence-electron chi connectivity index (χ0n) is 20.4. The van der Waals surface area contributed by atoms with Gasteiger partial charge in [0.1, 0.15) is 10.5 Å². The summed E-state index contributed by atoms with van der Waals surface area (Å²) >= 11 is 1.24. The summed E-state index contributed by atoms with van der Waals surface area (Å²) in [5.41, 5.74) is 3.18. The van der Waals surface area contributed by atoms with Crippen LogP contribution in [0.3, 0.4) is 0 Å². The largest absolute Gasteiger partial charge is 0.465 e. The first-order chi connectivity index (χ1) is 16.6. The lowest BCUT2D eigenvalue weighted by atomic mass is 9.75. The highest BCUT2D eigenvalue weighted by Crippen LogP contribution is 2.61. The van der Waals surface area contributed by atoms with Gasteiger partial charge >= 0.3 is 5.97 Å². The number of esters is 1. The van der Waals surface area contributed by atoms with Crippen LogP contribution in [0.5, 0.6) is 0 Å². The summed E-state index contributed by atoms with van der Waals surface area (Å²) in [4.78, 5) is 58.9. The number of thiophene rings is 1. The molecule has 0 aliphatic carbocycles. The molecule has 1 N–H and O–H groups in total. The van der Waals surface area contributed by atoms with Gasteiger partial charge in [-0.3, -0.25) is 19.3 Å². The maximum atomic E-state index is 14.3. The molecule has 0 saturated carbocycles. The molecule has 0 unspecified atom stereocenters. The summed E-state index contributed by atoms with van der Waals surface area (Å²) in [6.07, 6.45) is 1.60. The van der Waals surface area contributed by atoms with E-state index in [0.29, 0.717) is 17.1 Å². The van der Waals surface area contributed by atoms with E-state index >= 15 is 0 Å². The lowest BCUT2D eigenvalue weighted by molar-refractivity contribution is -0.135. The van der Waals surface area contributed by atoms with Crippen molar-refractivity contribution in [2.24, 2.45) is 11.8 Å². The molecule has 9 heteroatoms. The number of hydrogen-bond donors (Lipinski definition) is 1. The summed E-state index contributed by atoms with van der Waals surface area (Å²) in [7, 11) is 1.29. The van der Waals surface area contributed by atoms with Crippen molar-refractivity contribution in [3.63, 3.8) is 0 Å². The Morgan fingerprint density at radius 2 is 1.89 bits per heavy atom. The molecule has 3 saturated heterocycles. The predicted octanol–water partition coefficient (Wildman–Crippen LogP) is 3.20. The van der Waals surface area contributed by atoms with Crippen LogP contribution in [-0.2, 0) is 24.7 Å². The summed E-state index contributed by atoms with van der Waals surface area (Å²) in [5.74, 6) is -3.05. The van der Waals surface area contributed by atoms with E-state index < -0.39 is 29.3 Å². The number of carbonyl (C=O) groups is 4. The number of imide groups is 1. The molecule has 1 spiro atoms. The molecule has 0 radical (unpaired) electrons. The highest BCUT2D eigenvalue weighted by atomic mass is 32.1. The molecule has 3 fully saturated rings. The minimum atomic E-state index is -1.23. The van der Waals surface area contributed by atoms with E-state index in [1.807, 2.05) is 32.9 Å². The number of nitrogens with zero attached hydrogens (tertiary/aromatic N) is 2. The zero-order chi connectivity index (χ0) is 25.0. The standard InChI is InChI=1S/C26H27N3O5S/c1-11-9-12(2)20-15(10-11)26(25(33)27-20)19-18(16-7-6-8-28(16)26)21(30)29(22(19)31)23-17(24(32)34-5)13(3)14(4)35-23/h9-10,16,18-19H,6-8H2,1-5H3,(H,27,33)/t16-,18+,19-,26+/m0/s1. The molecule has 4 atom stereocenters. The third kappa shape index (κ3) is 2.55. The van der Waals surface area contributed by atoms with Crippen molar-refractivity contribution in [2.45, 2.75) is 52.1 Å². The van der Waals surface area contributed by atoms with Crippen LogP contribution in [-0.4, -0.2) is 48.3 Å². The fraction of sp³-hybridized carbons (Fsp3) is 0.462. The molecule has 3 amide bonds. The number of nitrogens with one attached hydrogen (secondary N) is 1. The maximum absolute atomic E-state index is 14.3. The van der Waals surface area contributed by atoms with E-state index in [-0.39, 0.29) is 23.4 Å². The third-order valence-electron chi connectivity index (χ3n) is 8.40. The first-order valence-electron chi connectivity index (χ1n) is 11.9. The van der Waals surface area contributed by atoms with E-state index in [0.717, 1.165) is 40.1 Å². The van der Waals surface area contributed by atoms with Crippen LogP contribution in [0.15, 0.2) is 12.1 Å². The molecule has 6 rings (SSSR count). The fourth-order valence-electron chi connectivity index (χ4n) is 6.97. The Balaban J connectivity index is 1.57. The van der Waals surface area contributed by atoms with Crippen LogP contribution in [0.4, 0.5) is 10.7 Å². The van der Waals surface area contributed by atoms with Crippen LogP contribution < -0.4 is 10.2 Å². The SMILES string of the molecule is COC(=O)c1c(N2C(=O)[C@H]3[C@@H](C2=O)[C@]2(C(=O)Nc4c(C)cc(C)cc42)N2CCC[C@@H]32)sc(C)c1C. The average Bonchev–Trinajstić information content (AvgIpc) is 3.56. The van der Waals surface area contributed by atoms with Crippen LogP contribution in [0.1, 0.15) is 50.3 Å². The Hall–Kier alpha value is -3.04.